The number of hydrogen-bond donors (Lipinski definition) is 1. The Morgan fingerprint density at radius 3 is 2.54 bits per heavy atom. The molecular formula is C29H38N2O4. The summed E-state index contributed by atoms with van der Waals surface area (Å²) >= 11 is 0. The second-order valence-corrected chi connectivity index (χ2v) is 10.5. The number of cyclic esters (lactones) is 1. The van der Waals surface area contributed by atoms with Crippen LogP contribution in [0.2, 0.25) is 0 Å². The molecule has 2 amide bonds. The predicted molar refractivity (Wildman–Crippen MR) is 138 cm³/mol. The SMILES string of the molecule is C=CCc1cccc(CC(NC(=O)OC(C)(C)C)C2CN(Cc3cccc(C(C)C)c3)C(=O)O2)c1. The minimum Gasteiger partial charge on any atom is -0.444 e. The van der Waals surface area contributed by atoms with Crippen LogP contribution in [0, 0.1) is 0 Å². The fourth-order valence-electron chi connectivity index (χ4n) is 4.18. The van der Waals surface area contributed by atoms with Gasteiger partial charge < -0.3 is 19.7 Å². The fourth-order valence-corrected chi connectivity index (χ4v) is 4.18. The predicted octanol–water partition coefficient (Wildman–Crippen LogP) is 6.00. The number of ether oxygens (including phenoxy) is 2. The maximum atomic E-state index is 12.8. The average molecular weight is 479 g/mol. The maximum Gasteiger partial charge on any atom is 0.410 e. The smallest absolute Gasteiger partial charge is 0.410 e. The van der Waals surface area contributed by atoms with E-state index in [1.165, 1.54) is 5.56 Å². The van der Waals surface area contributed by atoms with Crippen LogP contribution in [0.4, 0.5) is 9.59 Å². The zero-order valence-corrected chi connectivity index (χ0v) is 21.5. The molecule has 0 radical (unpaired) electrons. The van der Waals surface area contributed by atoms with Crippen molar-refractivity contribution in [2.24, 2.45) is 0 Å². The van der Waals surface area contributed by atoms with Gasteiger partial charge in [0.2, 0.25) is 0 Å². The van der Waals surface area contributed by atoms with Crippen molar-refractivity contribution in [2.75, 3.05) is 6.54 Å². The summed E-state index contributed by atoms with van der Waals surface area (Å²) in [5, 5.41) is 2.96. The van der Waals surface area contributed by atoms with Crippen LogP contribution in [0.15, 0.2) is 61.2 Å². The summed E-state index contributed by atoms with van der Waals surface area (Å²) in [6.07, 6.45) is 1.75. The zero-order chi connectivity index (χ0) is 25.6. The third-order valence-corrected chi connectivity index (χ3v) is 5.88. The highest BCUT2D eigenvalue weighted by atomic mass is 16.6. The largest absolute Gasteiger partial charge is 0.444 e. The van der Waals surface area contributed by atoms with Gasteiger partial charge in [0.1, 0.15) is 11.7 Å². The number of alkyl carbamates (subject to hydrolysis) is 1. The van der Waals surface area contributed by atoms with Crippen molar-refractivity contribution in [1.82, 2.24) is 10.2 Å². The molecule has 2 unspecified atom stereocenters. The molecule has 1 heterocycles. The second-order valence-electron chi connectivity index (χ2n) is 10.5. The Kier molecular flexibility index (Phi) is 8.60. The van der Waals surface area contributed by atoms with Crippen LogP contribution in [-0.4, -0.2) is 41.4 Å². The molecule has 1 aliphatic heterocycles. The molecule has 2 aromatic carbocycles. The summed E-state index contributed by atoms with van der Waals surface area (Å²) in [4.78, 5) is 27.1. The molecule has 188 valence electrons. The van der Waals surface area contributed by atoms with Crippen LogP contribution in [0.25, 0.3) is 0 Å². The maximum absolute atomic E-state index is 12.8. The van der Waals surface area contributed by atoms with E-state index in [0.29, 0.717) is 25.4 Å². The number of allylic oxidation sites excluding steroid dienone is 1. The molecule has 0 aromatic heterocycles. The molecule has 0 saturated carbocycles. The highest BCUT2D eigenvalue weighted by Gasteiger charge is 2.38. The lowest BCUT2D eigenvalue weighted by Crippen LogP contribution is -2.48. The number of nitrogens with one attached hydrogen (secondary N) is 1. The standard InChI is InChI=1S/C29H38N2O4/c1-7-10-21-11-8-12-22(15-21)17-25(30-27(32)35-29(4,5)6)26-19-31(28(33)34-26)18-23-13-9-14-24(16-23)20(2)3/h7-9,11-16,20,25-26H,1,10,17-19H2,2-6H3,(H,30,32). The van der Waals surface area contributed by atoms with Crippen LogP contribution >= 0.6 is 0 Å². The van der Waals surface area contributed by atoms with Crippen LogP contribution in [0.5, 0.6) is 0 Å². The summed E-state index contributed by atoms with van der Waals surface area (Å²) in [7, 11) is 0. The number of carbonyl (C=O) groups is 2. The van der Waals surface area contributed by atoms with Gasteiger partial charge in [-0.2, -0.15) is 0 Å². The average Bonchev–Trinajstić information content (AvgIpc) is 3.13. The summed E-state index contributed by atoms with van der Waals surface area (Å²) in [5.74, 6) is 0.410. The van der Waals surface area contributed by atoms with Gasteiger partial charge in [0.25, 0.3) is 0 Å². The number of amides is 2. The van der Waals surface area contributed by atoms with Gasteiger partial charge in [0.15, 0.2) is 0 Å². The van der Waals surface area contributed by atoms with Gasteiger partial charge in [-0.25, -0.2) is 9.59 Å². The molecule has 35 heavy (non-hydrogen) atoms. The molecule has 0 bridgehead atoms. The first-order chi connectivity index (χ1) is 16.5. The lowest BCUT2D eigenvalue weighted by Gasteiger charge is -2.26. The van der Waals surface area contributed by atoms with Crippen molar-refractivity contribution < 1.29 is 19.1 Å². The van der Waals surface area contributed by atoms with Crippen LogP contribution in [-0.2, 0) is 28.9 Å². The Labute approximate surface area is 209 Å². The Bertz CT molecular complexity index is 1040. The van der Waals surface area contributed by atoms with Crippen LogP contribution in [0.3, 0.4) is 0 Å². The molecule has 6 nitrogen and oxygen atoms in total. The molecule has 1 N–H and O–H groups in total. The quantitative estimate of drug-likeness (QED) is 0.449. The Morgan fingerprint density at radius 1 is 1.17 bits per heavy atom. The summed E-state index contributed by atoms with van der Waals surface area (Å²) in [5.41, 5.74) is 3.85. The van der Waals surface area contributed by atoms with Crippen LogP contribution < -0.4 is 5.32 Å². The van der Waals surface area contributed by atoms with E-state index in [4.69, 9.17) is 9.47 Å². The van der Waals surface area contributed by atoms with E-state index in [9.17, 15) is 9.59 Å². The topological polar surface area (TPSA) is 67.9 Å². The van der Waals surface area contributed by atoms with E-state index < -0.39 is 23.8 Å². The first-order valence-corrected chi connectivity index (χ1v) is 12.3. The first kappa shape index (κ1) is 26.3. The zero-order valence-electron chi connectivity index (χ0n) is 21.5. The van der Waals surface area contributed by atoms with Gasteiger partial charge in [-0.1, -0.05) is 68.5 Å². The Balaban J connectivity index is 1.76. The van der Waals surface area contributed by atoms with Crippen molar-refractivity contribution in [3.8, 4) is 0 Å². The molecule has 1 aliphatic rings. The van der Waals surface area contributed by atoms with E-state index in [0.717, 1.165) is 23.1 Å². The summed E-state index contributed by atoms with van der Waals surface area (Å²) in [6.45, 7) is 14.4. The number of hydrogen-bond acceptors (Lipinski definition) is 4. The van der Waals surface area contributed by atoms with Crippen molar-refractivity contribution in [3.05, 3.63) is 83.4 Å². The minimum absolute atomic E-state index is 0.374. The third kappa shape index (κ3) is 7.88. The molecule has 3 rings (SSSR count). The number of nitrogens with zero attached hydrogens (tertiary/aromatic N) is 1. The number of benzene rings is 2. The summed E-state index contributed by atoms with van der Waals surface area (Å²) < 4.78 is 11.3. The van der Waals surface area contributed by atoms with Crippen molar-refractivity contribution in [1.29, 1.82) is 0 Å². The molecule has 0 aliphatic carbocycles. The monoisotopic (exact) mass is 478 g/mol. The molecule has 1 fully saturated rings. The van der Waals surface area contributed by atoms with Gasteiger partial charge in [0, 0.05) is 6.54 Å². The van der Waals surface area contributed by atoms with E-state index in [1.807, 2.05) is 57.2 Å². The first-order valence-electron chi connectivity index (χ1n) is 12.3. The highest BCUT2D eigenvalue weighted by Crippen LogP contribution is 2.23. The summed E-state index contributed by atoms with van der Waals surface area (Å²) in [6, 6.07) is 16.0. The Morgan fingerprint density at radius 2 is 1.86 bits per heavy atom. The number of rotatable bonds is 9. The van der Waals surface area contributed by atoms with Gasteiger partial charge in [0.05, 0.1) is 12.6 Å². The van der Waals surface area contributed by atoms with Gasteiger partial charge >= 0.3 is 12.2 Å². The fraction of sp³-hybridized carbons (Fsp3) is 0.448. The van der Waals surface area contributed by atoms with Crippen molar-refractivity contribution >= 4 is 12.2 Å². The van der Waals surface area contributed by atoms with E-state index >= 15 is 0 Å². The van der Waals surface area contributed by atoms with E-state index in [2.05, 4.69) is 43.9 Å². The Hall–Kier alpha value is -3.28. The van der Waals surface area contributed by atoms with Gasteiger partial charge in [-0.05, 0) is 61.8 Å². The van der Waals surface area contributed by atoms with E-state index in [-0.39, 0.29) is 6.09 Å². The van der Waals surface area contributed by atoms with Gasteiger partial charge in [-0.3, -0.25) is 0 Å². The molecule has 6 heteroatoms. The highest BCUT2D eigenvalue weighted by molar-refractivity contribution is 5.71. The van der Waals surface area contributed by atoms with Crippen LogP contribution in [0.1, 0.15) is 62.8 Å². The lowest BCUT2D eigenvalue weighted by atomic mass is 9.98. The van der Waals surface area contributed by atoms with Gasteiger partial charge in [-0.15, -0.1) is 6.58 Å². The molecule has 2 atom stereocenters. The molecule has 0 spiro atoms. The third-order valence-electron chi connectivity index (χ3n) is 5.88. The lowest BCUT2D eigenvalue weighted by molar-refractivity contribution is 0.0436. The van der Waals surface area contributed by atoms with Crippen molar-refractivity contribution in [3.63, 3.8) is 0 Å². The molecule has 2 aromatic rings. The van der Waals surface area contributed by atoms with E-state index in [1.54, 1.807) is 4.90 Å². The second kappa shape index (κ2) is 11.4. The normalized spacial score (nSPS) is 16.7. The van der Waals surface area contributed by atoms with Crippen molar-refractivity contribution in [2.45, 2.75) is 77.7 Å². The minimum atomic E-state index is -0.627. The molecule has 1 saturated heterocycles. The number of carbonyl (C=O) groups excluding carboxylic acids is 2. The molecular weight excluding hydrogens is 440 g/mol.